The summed E-state index contributed by atoms with van der Waals surface area (Å²) in [5, 5.41) is 4.42. The van der Waals surface area contributed by atoms with E-state index < -0.39 is 15.9 Å². The molecule has 0 saturated heterocycles. The number of anilines is 2. The zero-order valence-corrected chi connectivity index (χ0v) is 15.8. The van der Waals surface area contributed by atoms with Gasteiger partial charge in [-0.15, -0.1) is 11.3 Å². The molecule has 3 aromatic rings. The van der Waals surface area contributed by atoms with Crippen LogP contribution < -0.4 is 10.0 Å². The number of amides is 1. The number of rotatable bonds is 5. The Kier molecular flexibility index (Phi) is 5.06. The van der Waals surface area contributed by atoms with Gasteiger partial charge in [0.1, 0.15) is 5.69 Å². The van der Waals surface area contributed by atoms with Crippen molar-refractivity contribution in [3.8, 4) is 0 Å². The van der Waals surface area contributed by atoms with E-state index in [1.165, 1.54) is 17.5 Å². The third kappa shape index (κ3) is 4.09. The average Bonchev–Trinajstić information content (AvgIpc) is 3.05. The van der Waals surface area contributed by atoms with E-state index in [-0.39, 0.29) is 15.7 Å². The predicted molar refractivity (Wildman–Crippen MR) is 103 cm³/mol. The molecule has 0 unspecified atom stereocenters. The molecule has 0 saturated carbocycles. The lowest BCUT2D eigenvalue weighted by atomic mass is 10.2. The normalized spacial score (nSPS) is 11.2. The van der Waals surface area contributed by atoms with Gasteiger partial charge in [-0.25, -0.2) is 13.4 Å². The Morgan fingerprint density at radius 2 is 1.73 bits per heavy atom. The van der Waals surface area contributed by atoms with E-state index in [0.29, 0.717) is 5.69 Å². The van der Waals surface area contributed by atoms with E-state index in [1.807, 2.05) is 32.0 Å². The predicted octanol–water partition coefficient (Wildman–Crippen LogP) is 3.81. The van der Waals surface area contributed by atoms with Crippen molar-refractivity contribution in [2.24, 2.45) is 0 Å². The molecule has 26 heavy (non-hydrogen) atoms. The molecule has 0 fully saturated rings. The Morgan fingerprint density at radius 3 is 2.42 bits per heavy atom. The fourth-order valence-electron chi connectivity index (χ4n) is 2.22. The van der Waals surface area contributed by atoms with Crippen molar-refractivity contribution in [3.05, 3.63) is 70.7 Å². The molecule has 6 nitrogen and oxygen atoms in total. The van der Waals surface area contributed by atoms with Gasteiger partial charge < -0.3 is 5.32 Å². The molecular formula is C18H17N3O3S2. The minimum absolute atomic E-state index is 0.139. The second-order valence-corrected chi connectivity index (χ2v) is 8.27. The summed E-state index contributed by atoms with van der Waals surface area (Å²) in [6.45, 7) is 3.77. The van der Waals surface area contributed by atoms with E-state index >= 15 is 0 Å². The Hall–Kier alpha value is -2.71. The van der Waals surface area contributed by atoms with Crippen molar-refractivity contribution in [3.63, 3.8) is 0 Å². The van der Waals surface area contributed by atoms with Crippen molar-refractivity contribution in [2.45, 2.75) is 18.7 Å². The van der Waals surface area contributed by atoms with Crippen LogP contribution in [0.3, 0.4) is 0 Å². The quantitative estimate of drug-likeness (QED) is 0.697. The van der Waals surface area contributed by atoms with Crippen molar-refractivity contribution in [2.75, 3.05) is 10.0 Å². The number of aryl methyl sites for hydroxylation is 2. The summed E-state index contributed by atoms with van der Waals surface area (Å²) in [5.41, 5.74) is 2.73. The molecule has 2 aromatic carbocycles. The summed E-state index contributed by atoms with van der Waals surface area (Å²) in [5.74, 6) is -0.392. The van der Waals surface area contributed by atoms with E-state index in [0.717, 1.165) is 22.5 Å². The number of nitrogens with one attached hydrogen (secondary N) is 2. The first-order chi connectivity index (χ1) is 12.3. The minimum Gasteiger partial charge on any atom is -0.320 e. The van der Waals surface area contributed by atoms with Crippen LogP contribution in [-0.4, -0.2) is 19.3 Å². The number of thiazole rings is 1. The van der Waals surface area contributed by atoms with Gasteiger partial charge in [-0.1, -0.05) is 35.9 Å². The largest absolute Gasteiger partial charge is 0.320 e. The lowest BCUT2D eigenvalue weighted by Crippen LogP contribution is -2.15. The molecule has 8 heteroatoms. The fraction of sp³-hybridized carbons (Fsp3) is 0.111. The van der Waals surface area contributed by atoms with Gasteiger partial charge >= 0.3 is 0 Å². The first kappa shape index (κ1) is 18.1. The third-order valence-corrected chi connectivity index (χ3v) is 5.92. The smallest absolute Gasteiger partial charge is 0.275 e. The molecule has 0 atom stereocenters. The molecular weight excluding hydrogens is 370 g/mol. The standard InChI is InChI=1S/C18H17N3O3S2/c1-12-7-9-14(10-8-12)26(23,24)21-18-20-16(11-25-18)17(22)19-15-6-4-3-5-13(15)2/h3-11H,1-2H3,(H,19,22)(H,20,21). The summed E-state index contributed by atoms with van der Waals surface area (Å²) >= 11 is 1.06. The summed E-state index contributed by atoms with van der Waals surface area (Å²) in [6.07, 6.45) is 0. The number of sulfonamides is 1. The fourth-order valence-corrected chi connectivity index (χ4v) is 4.16. The topological polar surface area (TPSA) is 88.2 Å². The maximum absolute atomic E-state index is 12.4. The molecule has 0 aliphatic rings. The Balaban J connectivity index is 1.74. The highest BCUT2D eigenvalue weighted by Crippen LogP contribution is 2.22. The third-order valence-electron chi connectivity index (χ3n) is 3.68. The molecule has 1 heterocycles. The summed E-state index contributed by atoms with van der Waals surface area (Å²) in [7, 11) is -3.74. The zero-order valence-electron chi connectivity index (χ0n) is 14.2. The molecule has 2 N–H and O–H groups in total. The number of benzene rings is 2. The summed E-state index contributed by atoms with van der Waals surface area (Å²) in [4.78, 5) is 16.5. The second kappa shape index (κ2) is 7.27. The Bertz CT molecular complexity index is 1040. The molecule has 0 radical (unpaired) electrons. The van der Waals surface area contributed by atoms with Crippen molar-refractivity contribution in [1.82, 2.24) is 4.98 Å². The maximum atomic E-state index is 12.4. The van der Waals surface area contributed by atoms with Gasteiger partial charge in [0.2, 0.25) is 0 Å². The second-order valence-electron chi connectivity index (χ2n) is 5.73. The van der Waals surface area contributed by atoms with Gasteiger partial charge in [-0.3, -0.25) is 9.52 Å². The van der Waals surface area contributed by atoms with Crippen LogP contribution in [0.1, 0.15) is 21.6 Å². The highest BCUT2D eigenvalue weighted by molar-refractivity contribution is 7.93. The van der Waals surface area contributed by atoms with Crippen molar-refractivity contribution >= 4 is 38.1 Å². The number of para-hydroxylation sites is 1. The first-order valence-corrected chi connectivity index (χ1v) is 10.1. The molecule has 0 spiro atoms. The summed E-state index contributed by atoms with van der Waals surface area (Å²) in [6, 6.07) is 13.9. The van der Waals surface area contributed by atoms with E-state index in [1.54, 1.807) is 18.2 Å². The van der Waals surface area contributed by atoms with E-state index in [9.17, 15) is 13.2 Å². The van der Waals surface area contributed by atoms with Crippen molar-refractivity contribution < 1.29 is 13.2 Å². The van der Waals surface area contributed by atoms with Crippen LogP contribution in [0.15, 0.2) is 58.8 Å². The van der Waals surface area contributed by atoms with Crippen LogP contribution in [0.5, 0.6) is 0 Å². The minimum atomic E-state index is -3.74. The number of hydrogen-bond acceptors (Lipinski definition) is 5. The van der Waals surface area contributed by atoms with Gasteiger partial charge in [0.15, 0.2) is 5.13 Å². The highest BCUT2D eigenvalue weighted by atomic mass is 32.2. The number of aromatic nitrogens is 1. The lowest BCUT2D eigenvalue weighted by molar-refractivity contribution is 0.102. The number of carbonyl (C=O) groups excluding carboxylic acids is 1. The summed E-state index contributed by atoms with van der Waals surface area (Å²) < 4.78 is 27.2. The van der Waals surface area contributed by atoms with Crippen LogP contribution in [-0.2, 0) is 10.0 Å². The number of carbonyl (C=O) groups is 1. The van der Waals surface area contributed by atoms with Gasteiger partial charge in [-0.05, 0) is 37.6 Å². The molecule has 1 aromatic heterocycles. The zero-order chi connectivity index (χ0) is 18.7. The van der Waals surface area contributed by atoms with E-state index in [2.05, 4.69) is 15.0 Å². The van der Waals surface area contributed by atoms with Gasteiger partial charge in [-0.2, -0.15) is 0 Å². The molecule has 0 bridgehead atoms. The van der Waals surface area contributed by atoms with Crippen LogP contribution in [0, 0.1) is 13.8 Å². The van der Waals surface area contributed by atoms with Crippen molar-refractivity contribution in [1.29, 1.82) is 0 Å². The molecule has 134 valence electrons. The van der Waals surface area contributed by atoms with Crippen LogP contribution in [0.25, 0.3) is 0 Å². The highest BCUT2D eigenvalue weighted by Gasteiger charge is 2.18. The average molecular weight is 387 g/mol. The van der Waals surface area contributed by atoms with Crippen LogP contribution >= 0.6 is 11.3 Å². The SMILES string of the molecule is Cc1ccc(S(=O)(=O)Nc2nc(C(=O)Nc3ccccc3C)cs2)cc1. The van der Waals surface area contributed by atoms with Crippen LogP contribution in [0.2, 0.25) is 0 Å². The van der Waals surface area contributed by atoms with Gasteiger partial charge in [0.25, 0.3) is 15.9 Å². The molecule has 1 amide bonds. The monoisotopic (exact) mass is 387 g/mol. The molecule has 3 rings (SSSR count). The first-order valence-electron chi connectivity index (χ1n) is 7.77. The van der Waals surface area contributed by atoms with Crippen LogP contribution in [0.4, 0.5) is 10.8 Å². The Labute approximate surface area is 156 Å². The molecule has 0 aliphatic heterocycles. The lowest BCUT2D eigenvalue weighted by Gasteiger charge is -2.06. The molecule has 0 aliphatic carbocycles. The van der Waals surface area contributed by atoms with Gasteiger partial charge in [0.05, 0.1) is 4.90 Å². The number of nitrogens with zero attached hydrogens (tertiary/aromatic N) is 1. The van der Waals surface area contributed by atoms with E-state index in [4.69, 9.17) is 0 Å². The van der Waals surface area contributed by atoms with Gasteiger partial charge in [0, 0.05) is 11.1 Å². The number of hydrogen-bond donors (Lipinski definition) is 2. The Morgan fingerprint density at radius 1 is 1.04 bits per heavy atom. The maximum Gasteiger partial charge on any atom is 0.275 e.